The fraction of sp³-hybridized carbons (Fsp3) is 0.700. The van der Waals surface area contributed by atoms with Crippen molar-refractivity contribution in [1.29, 1.82) is 0 Å². The van der Waals surface area contributed by atoms with Crippen molar-refractivity contribution in [2.45, 2.75) is 33.2 Å². The van der Waals surface area contributed by atoms with E-state index in [2.05, 4.69) is 13.8 Å². The molecule has 1 atom stereocenters. The molecule has 0 aliphatic carbocycles. The van der Waals surface area contributed by atoms with Crippen LogP contribution in [-0.2, 0) is 9.53 Å². The minimum atomic E-state index is -0.293. The maximum atomic E-state index is 10.8. The molecule has 0 amide bonds. The summed E-state index contributed by atoms with van der Waals surface area (Å²) in [6.07, 6.45) is 3.78. The first-order valence-electron chi connectivity index (χ1n) is 4.63. The second-order valence-electron chi connectivity index (χ2n) is 3.36. The van der Waals surface area contributed by atoms with E-state index in [4.69, 9.17) is 10.5 Å². The topological polar surface area (TPSA) is 52.3 Å². The molecule has 0 aromatic heterocycles. The van der Waals surface area contributed by atoms with Crippen LogP contribution in [0.4, 0.5) is 0 Å². The highest BCUT2D eigenvalue weighted by Gasteiger charge is 2.07. The number of carbonyl (C=O) groups is 1. The monoisotopic (exact) mass is 185 g/mol. The van der Waals surface area contributed by atoms with Gasteiger partial charge in [0.15, 0.2) is 0 Å². The van der Waals surface area contributed by atoms with Crippen LogP contribution in [0.15, 0.2) is 12.2 Å². The summed E-state index contributed by atoms with van der Waals surface area (Å²) >= 11 is 0. The summed E-state index contributed by atoms with van der Waals surface area (Å²) in [6.45, 7) is 6.29. The molecule has 1 unspecified atom stereocenters. The largest absolute Gasteiger partial charge is 0.462 e. The van der Waals surface area contributed by atoms with E-state index in [1.165, 1.54) is 6.08 Å². The molecule has 0 bridgehead atoms. The quantitative estimate of drug-likeness (QED) is 0.521. The lowest BCUT2D eigenvalue weighted by molar-refractivity contribution is -0.138. The Hall–Kier alpha value is -0.830. The molecule has 0 aliphatic heterocycles. The standard InChI is InChI=1S/C10H19NO2/c1-4-5-10(12)13-7-6-9(11)8(2)3/h4-5,8-9H,6-7,11H2,1-3H3/b5-4+. The van der Waals surface area contributed by atoms with Crippen LogP contribution in [0.1, 0.15) is 27.2 Å². The van der Waals surface area contributed by atoms with E-state index in [0.717, 1.165) is 6.42 Å². The number of hydrogen-bond donors (Lipinski definition) is 1. The molecule has 2 N–H and O–H groups in total. The highest BCUT2D eigenvalue weighted by Crippen LogP contribution is 2.02. The second-order valence-corrected chi connectivity index (χ2v) is 3.36. The van der Waals surface area contributed by atoms with Crippen molar-refractivity contribution in [3.8, 4) is 0 Å². The van der Waals surface area contributed by atoms with Crippen molar-refractivity contribution >= 4 is 5.97 Å². The molecule has 0 aromatic carbocycles. The Morgan fingerprint density at radius 2 is 2.15 bits per heavy atom. The summed E-state index contributed by atoms with van der Waals surface area (Å²) in [5, 5.41) is 0. The van der Waals surface area contributed by atoms with Gasteiger partial charge in [0, 0.05) is 12.1 Å². The minimum absolute atomic E-state index is 0.110. The first kappa shape index (κ1) is 12.2. The van der Waals surface area contributed by atoms with Gasteiger partial charge >= 0.3 is 5.97 Å². The van der Waals surface area contributed by atoms with E-state index in [1.807, 2.05) is 0 Å². The number of allylic oxidation sites excluding steroid dienone is 1. The van der Waals surface area contributed by atoms with Gasteiger partial charge in [-0.1, -0.05) is 19.9 Å². The molecule has 0 aromatic rings. The van der Waals surface area contributed by atoms with Crippen LogP contribution in [0, 0.1) is 5.92 Å². The second kappa shape index (κ2) is 6.66. The highest BCUT2D eigenvalue weighted by molar-refractivity contribution is 5.81. The summed E-state index contributed by atoms with van der Waals surface area (Å²) in [6, 6.07) is 0.110. The SMILES string of the molecule is C/C=C/C(=O)OCCC(N)C(C)C. The molecule has 0 spiro atoms. The van der Waals surface area contributed by atoms with Gasteiger partial charge in [-0.25, -0.2) is 4.79 Å². The zero-order chi connectivity index (χ0) is 10.3. The molecule has 13 heavy (non-hydrogen) atoms. The number of carbonyl (C=O) groups excluding carboxylic acids is 1. The lowest BCUT2D eigenvalue weighted by Crippen LogP contribution is -2.28. The van der Waals surface area contributed by atoms with Gasteiger partial charge in [-0.15, -0.1) is 0 Å². The van der Waals surface area contributed by atoms with E-state index in [9.17, 15) is 4.79 Å². The normalized spacial score (nSPS) is 13.6. The van der Waals surface area contributed by atoms with Crippen LogP contribution in [0.3, 0.4) is 0 Å². The van der Waals surface area contributed by atoms with E-state index in [1.54, 1.807) is 13.0 Å². The maximum absolute atomic E-state index is 10.8. The van der Waals surface area contributed by atoms with Crippen molar-refractivity contribution in [1.82, 2.24) is 0 Å². The van der Waals surface area contributed by atoms with Crippen LogP contribution >= 0.6 is 0 Å². The molecule has 0 saturated carbocycles. The fourth-order valence-electron chi connectivity index (χ4n) is 0.813. The predicted octanol–water partition coefficient (Wildman–Crippen LogP) is 1.48. The number of nitrogens with two attached hydrogens (primary N) is 1. The number of rotatable bonds is 5. The van der Waals surface area contributed by atoms with E-state index in [0.29, 0.717) is 12.5 Å². The van der Waals surface area contributed by atoms with Crippen LogP contribution in [0.5, 0.6) is 0 Å². The maximum Gasteiger partial charge on any atom is 0.330 e. The highest BCUT2D eigenvalue weighted by atomic mass is 16.5. The molecule has 0 saturated heterocycles. The summed E-state index contributed by atoms with van der Waals surface area (Å²) in [7, 11) is 0. The van der Waals surface area contributed by atoms with Gasteiger partial charge in [-0.2, -0.15) is 0 Å². The third-order valence-electron chi connectivity index (χ3n) is 1.85. The van der Waals surface area contributed by atoms with Gasteiger partial charge in [-0.05, 0) is 19.3 Å². The third kappa shape index (κ3) is 6.34. The van der Waals surface area contributed by atoms with Crippen molar-refractivity contribution < 1.29 is 9.53 Å². The first-order valence-corrected chi connectivity index (χ1v) is 4.63. The van der Waals surface area contributed by atoms with E-state index < -0.39 is 0 Å². The van der Waals surface area contributed by atoms with Crippen molar-refractivity contribution in [2.24, 2.45) is 11.7 Å². The van der Waals surface area contributed by atoms with Crippen LogP contribution in [0.25, 0.3) is 0 Å². The van der Waals surface area contributed by atoms with Gasteiger partial charge < -0.3 is 10.5 Å². The summed E-state index contributed by atoms with van der Waals surface area (Å²) < 4.78 is 4.90. The Morgan fingerprint density at radius 1 is 1.54 bits per heavy atom. The average Bonchev–Trinajstić information content (AvgIpc) is 2.04. The molecule has 3 nitrogen and oxygen atoms in total. The number of esters is 1. The van der Waals surface area contributed by atoms with Gasteiger partial charge in [0.2, 0.25) is 0 Å². The Morgan fingerprint density at radius 3 is 2.62 bits per heavy atom. The van der Waals surface area contributed by atoms with Crippen molar-refractivity contribution in [2.75, 3.05) is 6.61 Å². The first-order chi connectivity index (χ1) is 6.07. The van der Waals surface area contributed by atoms with Gasteiger partial charge in [-0.3, -0.25) is 0 Å². The molecule has 76 valence electrons. The molecule has 3 heteroatoms. The minimum Gasteiger partial charge on any atom is -0.462 e. The van der Waals surface area contributed by atoms with E-state index in [-0.39, 0.29) is 12.0 Å². The Labute approximate surface area is 79.9 Å². The van der Waals surface area contributed by atoms with Crippen molar-refractivity contribution in [3.05, 3.63) is 12.2 Å². The summed E-state index contributed by atoms with van der Waals surface area (Å²) in [5.74, 6) is 0.138. The number of ether oxygens (including phenoxy) is 1. The lowest BCUT2D eigenvalue weighted by atomic mass is 10.0. The van der Waals surface area contributed by atoms with Crippen molar-refractivity contribution in [3.63, 3.8) is 0 Å². The molecular formula is C10H19NO2. The zero-order valence-electron chi connectivity index (χ0n) is 8.62. The molecule has 0 radical (unpaired) electrons. The smallest absolute Gasteiger partial charge is 0.330 e. The number of hydrogen-bond acceptors (Lipinski definition) is 3. The van der Waals surface area contributed by atoms with Gasteiger partial charge in [0.25, 0.3) is 0 Å². The fourth-order valence-corrected chi connectivity index (χ4v) is 0.813. The summed E-state index contributed by atoms with van der Waals surface area (Å²) in [5.41, 5.74) is 5.77. The predicted molar refractivity (Wildman–Crippen MR) is 53.2 cm³/mol. The Balaban J connectivity index is 3.50. The molecule has 0 heterocycles. The van der Waals surface area contributed by atoms with Crippen LogP contribution < -0.4 is 5.73 Å². The molecule has 0 aliphatic rings. The summed E-state index contributed by atoms with van der Waals surface area (Å²) in [4.78, 5) is 10.8. The lowest BCUT2D eigenvalue weighted by Gasteiger charge is -2.14. The van der Waals surface area contributed by atoms with E-state index >= 15 is 0 Å². The van der Waals surface area contributed by atoms with Gasteiger partial charge in [0.1, 0.15) is 0 Å². The zero-order valence-corrected chi connectivity index (χ0v) is 8.62. The van der Waals surface area contributed by atoms with Gasteiger partial charge in [0.05, 0.1) is 6.61 Å². The average molecular weight is 185 g/mol. The third-order valence-corrected chi connectivity index (χ3v) is 1.85. The molecule has 0 fully saturated rings. The Kier molecular flexibility index (Phi) is 6.24. The van der Waals surface area contributed by atoms with Crippen LogP contribution in [-0.4, -0.2) is 18.6 Å². The molecular weight excluding hydrogens is 166 g/mol. The van der Waals surface area contributed by atoms with Crippen LogP contribution in [0.2, 0.25) is 0 Å². The Bertz CT molecular complexity index is 176. The molecule has 0 rings (SSSR count).